The number of methoxy groups -OCH3 is 1. The predicted molar refractivity (Wildman–Crippen MR) is 170 cm³/mol. The van der Waals surface area contributed by atoms with Gasteiger partial charge in [0.15, 0.2) is 0 Å². The summed E-state index contributed by atoms with van der Waals surface area (Å²) >= 11 is 0. The third kappa shape index (κ3) is 8.46. The minimum absolute atomic E-state index is 0.776. The molecule has 5 heteroatoms. The van der Waals surface area contributed by atoms with Crippen molar-refractivity contribution in [2.75, 3.05) is 20.3 Å². The maximum absolute atomic E-state index is 5.91. The fourth-order valence-electron chi connectivity index (χ4n) is 5.08. The largest absolute Gasteiger partial charge is 0.497 e. The van der Waals surface area contributed by atoms with Crippen LogP contribution in [0.2, 0.25) is 0 Å². The van der Waals surface area contributed by atoms with Crippen molar-refractivity contribution in [3.63, 3.8) is 0 Å². The quantitative estimate of drug-likeness (QED) is 0.122. The van der Waals surface area contributed by atoms with Crippen molar-refractivity contribution in [2.24, 2.45) is 0 Å². The number of ether oxygens (including phenoxy) is 2. The van der Waals surface area contributed by atoms with Gasteiger partial charge in [-0.15, -0.1) is 0 Å². The standard InChI is InChI=1S/C36H47N3O2/c1-5-8-24-38(27-29-16-20-33(21-17-29)41-26-10-7-3)28-34-35(30-18-22-32(40-4)23-19-30)37-36(39(34)25-9-6-2)31-14-12-11-13-15-31/h11-23H,5-10,24-28H2,1-4H3. The number of imidazole rings is 1. The number of hydrogen-bond acceptors (Lipinski definition) is 4. The molecule has 0 saturated carbocycles. The molecule has 0 amide bonds. The summed E-state index contributed by atoms with van der Waals surface area (Å²) in [5.74, 6) is 2.86. The van der Waals surface area contributed by atoms with Gasteiger partial charge in [0.25, 0.3) is 0 Å². The molecule has 0 aliphatic heterocycles. The van der Waals surface area contributed by atoms with Crippen molar-refractivity contribution >= 4 is 0 Å². The maximum atomic E-state index is 5.91. The van der Waals surface area contributed by atoms with E-state index in [1.807, 2.05) is 12.1 Å². The van der Waals surface area contributed by atoms with Crippen LogP contribution in [-0.2, 0) is 19.6 Å². The first-order chi connectivity index (χ1) is 20.2. The van der Waals surface area contributed by atoms with Crippen molar-refractivity contribution in [2.45, 2.75) is 78.9 Å². The van der Waals surface area contributed by atoms with Gasteiger partial charge in [0, 0.05) is 30.8 Å². The van der Waals surface area contributed by atoms with Gasteiger partial charge in [0.1, 0.15) is 17.3 Å². The Hall–Kier alpha value is -3.57. The summed E-state index contributed by atoms with van der Waals surface area (Å²) in [6.07, 6.45) is 6.79. The highest BCUT2D eigenvalue weighted by Gasteiger charge is 2.22. The fraction of sp³-hybridized carbons (Fsp3) is 0.417. The third-order valence-electron chi connectivity index (χ3n) is 7.50. The Kier molecular flexibility index (Phi) is 11.9. The molecule has 0 spiro atoms. The van der Waals surface area contributed by atoms with E-state index in [4.69, 9.17) is 14.5 Å². The smallest absolute Gasteiger partial charge is 0.140 e. The van der Waals surface area contributed by atoms with Gasteiger partial charge in [0.2, 0.25) is 0 Å². The molecule has 0 aliphatic carbocycles. The first-order valence-corrected chi connectivity index (χ1v) is 15.4. The Labute approximate surface area is 247 Å². The molecule has 4 rings (SSSR count). The SMILES string of the molecule is CCCCOc1ccc(CN(CCCC)Cc2c(-c3ccc(OC)cc3)nc(-c3ccccc3)n2CCCC)cc1. The highest BCUT2D eigenvalue weighted by atomic mass is 16.5. The van der Waals surface area contributed by atoms with E-state index in [0.29, 0.717) is 0 Å². The lowest BCUT2D eigenvalue weighted by Gasteiger charge is -2.24. The summed E-state index contributed by atoms with van der Waals surface area (Å²) < 4.78 is 13.8. The first kappa shape index (κ1) is 30.4. The zero-order valence-electron chi connectivity index (χ0n) is 25.4. The second-order valence-electron chi connectivity index (χ2n) is 10.7. The molecule has 0 radical (unpaired) electrons. The monoisotopic (exact) mass is 553 g/mol. The minimum atomic E-state index is 0.776. The summed E-state index contributed by atoms with van der Waals surface area (Å²) in [6.45, 7) is 11.2. The molecule has 4 aromatic rings. The van der Waals surface area contributed by atoms with Crippen LogP contribution in [0.4, 0.5) is 0 Å². The van der Waals surface area contributed by atoms with Crippen molar-refractivity contribution in [3.8, 4) is 34.1 Å². The van der Waals surface area contributed by atoms with Crippen molar-refractivity contribution in [1.29, 1.82) is 0 Å². The van der Waals surface area contributed by atoms with Gasteiger partial charge < -0.3 is 14.0 Å². The van der Waals surface area contributed by atoms with Crippen molar-refractivity contribution < 1.29 is 9.47 Å². The Morgan fingerprint density at radius 2 is 1.39 bits per heavy atom. The van der Waals surface area contributed by atoms with E-state index in [0.717, 1.165) is 105 Å². The lowest BCUT2D eigenvalue weighted by atomic mass is 10.1. The maximum Gasteiger partial charge on any atom is 0.140 e. The molecule has 0 atom stereocenters. The zero-order valence-corrected chi connectivity index (χ0v) is 25.4. The van der Waals surface area contributed by atoms with Gasteiger partial charge in [-0.2, -0.15) is 0 Å². The number of hydrogen-bond donors (Lipinski definition) is 0. The first-order valence-electron chi connectivity index (χ1n) is 15.4. The molecule has 41 heavy (non-hydrogen) atoms. The molecule has 3 aromatic carbocycles. The van der Waals surface area contributed by atoms with E-state index in [1.165, 1.54) is 11.3 Å². The second-order valence-corrected chi connectivity index (χ2v) is 10.7. The van der Waals surface area contributed by atoms with Gasteiger partial charge in [0.05, 0.1) is 25.1 Å². The highest BCUT2D eigenvalue weighted by molar-refractivity contribution is 5.69. The topological polar surface area (TPSA) is 39.5 Å². The summed E-state index contributed by atoms with van der Waals surface area (Å²) in [7, 11) is 1.71. The van der Waals surface area contributed by atoms with Crippen LogP contribution in [0, 0.1) is 0 Å². The van der Waals surface area contributed by atoms with Gasteiger partial charge in [-0.3, -0.25) is 4.90 Å². The van der Waals surface area contributed by atoms with E-state index in [9.17, 15) is 0 Å². The predicted octanol–water partition coefficient (Wildman–Crippen LogP) is 9.01. The van der Waals surface area contributed by atoms with E-state index < -0.39 is 0 Å². The van der Waals surface area contributed by atoms with Crippen LogP contribution < -0.4 is 9.47 Å². The summed E-state index contributed by atoms with van der Waals surface area (Å²) in [6, 6.07) is 27.6. The molecule has 0 N–H and O–H groups in total. The van der Waals surface area contributed by atoms with Crippen LogP contribution in [-0.4, -0.2) is 34.7 Å². The molecular weight excluding hydrogens is 506 g/mol. The van der Waals surface area contributed by atoms with Crippen LogP contribution in [0.5, 0.6) is 11.5 Å². The normalized spacial score (nSPS) is 11.2. The molecule has 218 valence electrons. The highest BCUT2D eigenvalue weighted by Crippen LogP contribution is 2.32. The van der Waals surface area contributed by atoms with E-state index in [1.54, 1.807) is 7.11 Å². The third-order valence-corrected chi connectivity index (χ3v) is 7.50. The molecule has 5 nitrogen and oxygen atoms in total. The number of aromatic nitrogens is 2. The Bertz CT molecular complexity index is 1300. The molecule has 0 saturated heterocycles. The molecule has 0 unspecified atom stereocenters. The fourth-order valence-corrected chi connectivity index (χ4v) is 5.08. The molecule has 1 aromatic heterocycles. The van der Waals surface area contributed by atoms with Crippen LogP contribution in [0.15, 0.2) is 78.9 Å². The lowest BCUT2D eigenvalue weighted by Crippen LogP contribution is -2.26. The van der Waals surface area contributed by atoms with E-state index in [-0.39, 0.29) is 0 Å². The van der Waals surface area contributed by atoms with E-state index >= 15 is 0 Å². The van der Waals surface area contributed by atoms with Crippen LogP contribution in [0.25, 0.3) is 22.6 Å². The zero-order chi connectivity index (χ0) is 28.9. The van der Waals surface area contributed by atoms with Gasteiger partial charge in [-0.05, 0) is 67.8 Å². The van der Waals surface area contributed by atoms with E-state index in [2.05, 4.69) is 97.0 Å². The van der Waals surface area contributed by atoms with Gasteiger partial charge in [-0.25, -0.2) is 4.98 Å². The summed E-state index contributed by atoms with van der Waals surface area (Å²) in [5.41, 5.74) is 5.92. The lowest BCUT2D eigenvalue weighted by molar-refractivity contribution is 0.246. The van der Waals surface area contributed by atoms with Crippen molar-refractivity contribution in [1.82, 2.24) is 14.5 Å². The molecule has 0 aliphatic rings. The average Bonchev–Trinajstić information content (AvgIpc) is 3.37. The molecule has 0 bridgehead atoms. The molecule has 0 fully saturated rings. The number of benzene rings is 3. The van der Waals surface area contributed by atoms with Crippen LogP contribution in [0.1, 0.15) is 70.6 Å². The van der Waals surface area contributed by atoms with Crippen molar-refractivity contribution in [3.05, 3.63) is 90.1 Å². The number of rotatable bonds is 17. The van der Waals surface area contributed by atoms with Gasteiger partial charge >= 0.3 is 0 Å². The molecular formula is C36H47N3O2. The van der Waals surface area contributed by atoms with Gasteiger partial charge in [-0.1, -0.05) is 82.5 Å². The average molecular weight is 554 g/mol. The Balaban J connectivity index is 1.71. The number of nitrogens with zero attached hydrogens (tertiary/aromatic N) is 3. The Morgan fingerprint density at radius 1 is 0.707 bits per heavy atom. The summed E-state index contributed by atoms with van der Waals surface area (Å²) in [5, 5.41) is 0. The summed E-state index contributed by atoms with van der Waals surface area (Å²) in [4.78, 5) is 7.91. The second kappa shape index (κ2) is 16.0. The van der Waals surface area contributed by atoms with Crippen LogP contribution in [0.3, 0.4) is 0 Å². The number of unbranched alkanes of at least 4 members (excludes halogenated alkanes) is 3. The minimum Gasteiger partial charge on any atom is -0.497 e. The van der Waals surface area contributed by atoms with Crippen LogP contribution >= 0.6 is 0 Å². The Morgan fingerprint density at radius 3 is 2.05 bits per heavy atom. The molecule has 1 heterocycles.